The van der Waals surface area contributed by atoms with Gasteiger partial charge in [-0.15, -0.1) is 0 Å². The predicted octanol–water partition coefficient (Wildman–Crippen LogP) is 2.16. The molecule has 3 rings (SSSR count). The van der Waals surface area contributed by atoms with E-state index in [2.05, 4.69) is 15.6 Å². The smallest absolute Gasteiger partial charge is 0.295 e. The Balaban J connectivity index is 1.91. The summed E-state index contributed by atoms with van der Waals surface area (Å²) in [6.07, 6.45) is 2.75. The fourth-order valence-electron chi connectivity index (χ4n) is 2.60. The van der Waals surface area contributed by atoms with Gasteiger partial charge in [0.05, 0.1) is 4.92 Å². The fraction of sp³-hybridized carbons (Fsp3) is 0.357. The number of nitrogens with one attached hydrogen (secondary N) is 2. The van der Waals surface area contributed by atoms with Gasteiger partial charge in [-0.1, -0.05) is 0 Å². The van der Waals surface area contributed by atoms with Crippen LogP contribution in [0.25, 0.3) is 10.9 Å². The zero-order chi connectivity index (χ0) is 13.9. The summed E-state index contributed by atoms with van der Waals surface area (Å²) in [4.78, 5) is 14.8. The molecule has 1 aliphatic rings. The van der Waals surface area contributed by atoms with Gasteiger partial charge in [-0.3, -0.25) is 10.1 Å². The van der Waals surface area contributed by atoms with E-state index in [9.17, 15) is 10.1 Å². The molecule has 104 valence electrons. The Labute approximate surface area is 116 Å². The summed E-state index contributed by atoms with van der Waals surface area (Å²) in [6.45, 7) is 2.96. The molecule has 2 aromatic rings. The number of aromatic nitrogens is 1. The summed E-state index contributed by atoms with van der Waals surface area (Å²) in [7, 11) is 0. The second-order valence-electron chi connectivity index (χ2n) is 5.03. The Morgan fingerprint density at radius 3 is 3.10 bits per heavy atom. The molecule has 0 aliphatic carbocycles. The zero-order valence-electron chi connectivity index (χ0n) is 11.0. The van der Waals surface area contributed by atoms with E-state index in [1.165, 1.54) is 6.07 Å². The van der Waals surface area contributed by atoms with E-state index in [0.717, 1.165) is 37.1 Å². The number of fused-ring (bicyclic) bond motifs is 1. The molecule has 1 unspecified atom stereocenters. The van der Waals surface area contributed by atoms with Gasteiger partial charge in [0.25, 0.3) is 5.69 Å². The molecular formula is C14H16N4O2. The number of non-ortho nitro benzene ring substituents is 1. The van der Waals surface area contributed by atoms with E-state index < -0.39 is 0 Å². The number of benzene rings is 1. The van der Waals surface area contributed by atoms with Crippen LogP contribution in [0.3, 0.4) is 0 Å². The van der Waals surface area contributed by atoms with Gasteiger partial charge in [-0.05, 0) is 43.6 Å². The Morgan fingerprint density at radius 1 is 1.45 bits per heavy atom. The van der Waals surface area contributed by atoms with Crippen molar-refractivity contribution in [2.75, 3.05) is 25.0 Å². The maximum Gasteiger partial charge on any atom is 0.295 e. The van der Waals surface area contributed by atoms with Crippen molar-refractivity contribution >= 4 is 22.3 Å². The summed E-state index contributed by atoms with van der Waals surface area (Å²) >= 11 is 0. The minimum absolute atomic E-state index is 0.0497. The first-order chi connectivity index (χ1) is 9.75. The van der Waals surface area contributed by atoms with E-state index in [1.54, 1.807) is 18.3 Å². The van der Waals surface area contributed by atoms with Crippen LogP contribution < -0.4 is 10.6 Å². The highest BCUT2D eigenvalue weighted by atomic mass is 16.6. The molecular weight excluding hydrogens is 256 g/mol. The Bertz CT molecular complexity index is 638. The molecule has 0 radical (unpaired) electrons. The highest BCUT2D eigenvalue weighted by molar-refractivity contribution is 5.96. The molecule has 20 heavy (non-hydrogen) atoms. The minimum Gasteiger partial charge on any atom is -0.384 e. The predicted molar refractivity (Wildman–Crippen MR) is 77.9 cm³/mol. The normalized spacial score (nSPS) is 18.3. The number of nitro groups is 1. The molecule has 2 heterocycles. The van der Waals surface area contributed by atoms with Crippen molar-refractivity contribution in [2.24, 2.45) is 5.92 Å². The van der Waals surface area contributed by atoms with Crippen LogP contribution in [0.4, 0.5) is 11.4 Å². The van der Waals surface area contributed by atoms with E-state index >= 15 is 0 Å². The summed E-state index contributed by atoms with van der Waals surface area (Å²) < 4.78 is 0. The first kappa shape index (κ1) is 12.8. The SMILES string of the molecule is O=[N+]([O-])c1ccc(NCC2CCNC2)c2cccnc12. The number of rotatable bonds is 4. The maximum absolute atomic E-state index is 11.0. The molecule has 1 saturated heterocycles. The van der Waals surface area contributed by atoms with Gasteiger partial charge >= 0.3 is 0 Å². The highest BCUT2D eigenvalue weighted by Gasteiger charge is 2.17. The quantitative estimate of drug-likeness (QED) is 0.658. The van der Waals surface area contributed by atoms with E-state index in [1.807, 2.05) is 6.07 Å². The Kier molecular flexibility index (Phi) is 3.47. The molecule has 1 aliphatic heterocycles. The number of anilines is 1. The Morgan fingerprint density at radius 2 is 2.35 bits per heavy atom. The van der Waals surface area contributed by atoms with Gasteiger partial charge < -0.3 is 10.6 Å². The van der Waals surface area contributed by atoms with Crippen molar-refractivity contribution in [3.8, 4) is 0 Å². The van der Waals surface area contributed by atoms with Gasteiger partial charge in [0.2, 0.25) is 0 Å². The monoisotopic (exact) mass is 272 g/mol. The second kappa shape index (κ2) is 5.42. The molecule has 6 heteroatoms. The van der Waals surface area contributed by atoms with Gasteiger partial charge in [0.15, 0.2) is 0 Å². The third-order valence-electron chi connectivity index (χ3n) is 3.69. The van der Waals surface area contributed by atoms with Crippen molar-refractivity contribution in [1.82, 2.24) is 10.3 Å². The van der Waals surface area contributed by atoms with Gasteiger partial charge in [0.1, 0.15) is 5.52 Å². The van der Waals surface area contributed by atoms with Crippen molar-refractivity contribution in [1.29, 1.82) is 0 Å². The van der Waals surface area contributed by atoms with Crippen molar-refractivity contribution in [3.63, 3.8) is 0 Å². The van der Waals surface area contributed by atoms with Crippen molar-refractivity contribution < 1.29 is 4.92 Å². The Hall–Kier alpha value is -2.21. The molecule has 0 saturated carbocycles. The number of hydrogen-bond acceptors (Lipinski definition) is 5. The summed E-state index contributed by atoms with van der Waals surface area (Å²) in [5, 5.41) is 18.6. The lowest BCUT2D eigenvalue weighted by Gasteiger charge is -2.13. The number of pyridine rings is 1. The van der Waals surface area contributed by atoms with Crippen LogP contribution in [0.1, 0.15) is 6.42 Å². The van der Waals surface area contributed by atoms with Crippen LogP contribution in [0, 0.1) is 16.0 Å². The number of hydrogen-bond donors (Lipinski definition) is 2. The third-order valence-corrected chi connectivity index (χ3v) is 3.69. The molecule has 2 N–H and O–H groups in total. The fourth-order valence-corrected chi connectivity index (χ4v) is 2.60. The van der Waals surface area contributed by atoms with Crippen LogP contribution in [-0.4, -0.2) is 29.5 Å². The summed E-state index contributed by atoms with van der Waals surface area (Å²) in [6, 6.07) is 6.95. The first-order valence-electron chi connectivity index (χ1n) is 6.72. The maximum atomic E-state index is 11.0. The lowest BCUT2D eigenvalue weighted by molar-refractivity contribution is -0.383. The summed E-state index contributed by atoms with van der Waals surface area (Å²) in [5.41, 5.74) is 1.39. The number of nitro benzene ring substituents is 1. The lowest BCUT2D eigenvalue weighted by atomic mass is 10.1. The highest BCUT2D eigenvalue weighted by Crippen LogP contribution is 2.29. The zero-order valence-corrected chi connectivity index (χ0v) is 11.0. The van der Waals surface area contributed by atoms with Crippen molar-refractivity contribution in [3.05, 3.63) is 40.6 Å². The van der Waals surface area contributed by atoms with E-state index in [-0.39, 0.29) is 10.6 Å². The molecule has 0 bridgehead atoms. The van der Waals surface area contributed by atoms with Crippen LogP contribution >= 0.6 is 0 Å². The average molecular weight is 272 g/mol. The molecule has 0 amide bonds. The first-order valence-corrected chi connectivity index (χ1v) is 6.72. The summed E-state index contributed by atoms with van der Waals surface area (Å²) in [5.74, 6) is 0.608. The van der Waals surface area contributed by atoms with Crippen molar-refractivity contribution in [2.45, 2.75) is 6.42 Å². The number of nitrogens with zero attached hydrogens (tertiary/aromatic N) is 2. The largest absolute Gasteiger partial charge is 0.384 e. The van der Waals surface area contributed by atoms with Crippen LogP contribution in [-0.2, 0) is 0 Å². The van der Waals surface area contributed by atoms with Gasteiger partial charge in [0, 0.05) is 29.9 Å². The topological polar surface area (TPSA) is 80.1 Å². The third kappa shape index (κ3) is 2.42. The molecule has 1 atom stereocenters. The van der Waals surface area contributed by atoms with Crippen LogP contribution in [0.5, 0.6) is 0 Å². The minimum atomic E-state index is -0.389. The molecule has 1 aromatic heterocycles. The molecule has 1 aromatic carbocycles. The molecule has 1 fully saturated rings. The second-order valence-corrected chi connectivity index (χ2v) is 5.03. The van der Waals surface area contributed by atoms with Gasteiger partial charge in [-0.25, -0.2) is 4.98 Å². The van der Waals surface area contributed by atoms with Gasteiger partial charge in [-0.2, -0.15) is 0 Å². The standard InChI is InChI=1S/C14H16N4O2/c19-18(20)13-4-3-12(11-2-1-6-16-14(11)13)17-9-10-5-7-15-8-10/h1-4,6,10,15,17H,5,7-9H2. The average Bonchev–Trinajstić information content (AvgIpc) is 2.97. The van der Waals surface area contributed by atoms with Crippen LogP contribution in [0.2, 0.25) is 0 Å². The molecule has 0 spiro atoms. The van der Waals surface area contributed by atoms with E-state index in [0.29, 0.717) is 11.4 Å². The van der Waals surface area contributed by atoms with E-state index in [4.69, 9.17) is 0 Å². The molecule has 6 nitrogen and oxygen atoms in total. The lowest BCUT2D eigenvalue weighted by Crippen LogP contribution is -2.17. The van der Waals surface area contributed by atoms with Crippen LogP contribution in [0.15, 0.2) is 30.5 Å².